The van der Waals surface area contributed by atoms with Gasteiger partial charge < -0.3 is 15.4 Å². The van der Waals surface area contributed by atoms with Gasteiger partial charge in [-0.2, -0.15) is 0 Å². The number of nitrogens with one attached hydrogen (secondary N) is 2. The van der Waals surface area contributed by atoms with Crippen molar-refractivity contribution in [1.82, 2.24) is 10.2 Å². The number of non-ortho nitro benzene ring substituents is 1. The Kier molecular flexibility index (Phi) is 7.54. The molecule has 1 saturated heterocycles. The highest BCUT2D eigenvalue weighted by Gasteiger charge is 2.22. The summed E-state index contributed by atoms with van der Waals surface area (Å²) in [5, 5.41) is 17.1. The molecule has 154 valence electrons. The molecule has 0 bridgehead atoms. The van der Waals surface area contributed by atoms with Gasteiger partial charge >= 0.3 is 0 Å². The summed E-state index contributed by atoms with van der Waals surface area (Å²) in [6, 6.07) is 12.8. The molecule has 2 aromatic rings. The van der Waals surface area contributed by atoms with Crippen LogP contribution in [-0.4, -0.2) is 55.1 Å². The van der Waals surface area contributed by atoms with Crippen molar-refractivity contribution >= 4 is 28.9 Å². The summed E-state index contributed by atoms with van der Waals surface area (Å²) in [5.74, 6) is -0.283. The second-order valence-electron chi connectivity index (χ2n) is 6.66. The maximum Gasteiger partial charge on any atom is 0.271 e. The van der Waals surface area contributed by atoms with E-state index in [9.17, 15) is 14.9 Å². The molecule has 1 amide bonds. The summed E-state index contributed by atoms with van der Waals surface area (Å²) in [7, 11) is 0. The minimum absolute atomic E-state index is 0.118. The van der Waals surface area contributed by atoms with Gasteiger partial charge in [-0.25, -0.2) is 0 Å². The number of halogens is 1. The molecule has 2 aromatic carbocycles. The molecule has 1 fully saturated rings. The molecule has 0 aromatic heterocycles. The molecule has 3 rings (SSSR count). The van der Waals surface area contributed by atoms with Gasteiger partial charge in [-0.1, -0.05) is 41.9 Å². The van der Waals surface area contributed by atoms with Crippen LogP contribution in [0, 0.1) is 10.1 Å². The van der Waals surface area contributed by atoms with Crippen molar-refractivity contribution < 1.29 is 14.5 Å². The van der Waals surface area contributed by atoms with Crippen LogP contribution in [0.3, 0.4) is 0 Å². The standard InChI is InChI=1S/C20H23ClN4O4/c21-17-14-16(25(27)28)6-7-18(17)23-20(26)19(15-4-2-1-3-5-15)22-8-9-24-10-12-29-13-11-24/h1-7,14,19,22H,8-13H2,(H,23,26)/t19-/m0/s1. The fourth-order valence-corrected chi connectivity index (χ4v) is 3.35. The third-order valence-electron chi connectivity index (χ3n) is 4.70. The zero-order valence-electron chi connectivity index (χ0n) is 15.8. The highest BCUT2D eigenvalue weighted by atomic mass is 35.5. The number of nitro groups is 1. The van der Waals surface area contributed by atoms with Gasteiger partial charge in [0, 0.05) is 38.3 Å². The average Bonchev–Trinajstić information content (AvgIpc) is 2.74. The van der Waals surface area contributed by atoms with Crippen LogP contribution in [0.15, 0.2) is 48.5 Å². The number of ether oxygens (including phenoxy) is 1. The first-order valence-corrected chi connectivity index (χ1v) is 9.75. The van der Waals surface area contributed by atoms with Gasteiger partial charge in [0.15, 0.2) is 0 Å². The van der Waals surface area contributed by atoms with Gasteiger partial charge in [0.25, 0.3) is 5.69 Å². The first-order valence-electron chi connectivity index (χ1n) is 9.38. The smallest absolute Gasteiger partial charge is 0.271 e. The van der Waals surface area contributed by atoms with Crippen molar-refractivity contribution in [3.8, 4) is 0 Å². The summed E-state index contributed by atoms with van der Waals surface area (Å²) in [6.07, 6.45) is 0. The van der Waals surface area contributed by atoms with Crippen LogP contribution in [0.5, 0.6) is 0 Å². The number of benzene rings is 2. The quantitative estimate of drug-likeness (QED) is 0.505. The second-order valence-corrected chi connectivity index (χ2v) is 7.07. The Labute approximate surface area is 173 Å². The lowest BCUT2D eigenvalue weighted by molar-refractivity contribution is -0.384. The molecule has 1 aliphatic heterocycles. The van der Waals surface area contributed by atoms with E-state index in [-0.39, 0.29) is 16.6 Å². The Morgan fingerprint density at radius 2 is 1.93 bits per heavy atom. The van der Waals surface area contributed by atoms with Crippen LogP contribution < -0.4 is 10.6 Å². The van der Waals surface area contributed by atoms with Gasteiger partial charge in [-0.05, 0) is 11.6 Å². The maximum absolute atomic E-state index is 13.0. The van der Waals surface area contributed by atoms with Crippen molar-refractivity contribution in [3.63, 3.8) is 0 Å². The molecule has 0 unspecified atom stereocenters. The number of carbonyl (C=O) groups is 1. The molecule has 0 radical (unpaired) electrons. The minimum Gasteiger partial charge on any atom is -0.379 e. The predicted octanol–water partition coefficient (Wildman–Crippen LogP) is 2.85. The Balaban J connectivity index is 1.68. The van der Waals surface area contributed by atoms with Crippen LogP contribution in [0.4, 0.5) is 11.4 Å². The van der Waals surface area contributed by atoms with Crippen molar-refractivity contribution in [2.45, 2.75) is 6.04 Å². The number of nitrogens with zero attached hydrogens (tertiary/aromatic N) is 2. The first kappa shape index (κ1) is 21.2. The molecular formula is C20H23ClN4O4. The van der Waals surface area contributed by atoms with E-state index >= 15 is 0 Å². The van der Waals surface area contributed by atoms with Crippen LogP contribution in [0.25, 0.3) is 0 Å². The maximum atomic E-state index is 13.0. The molecule has 0 saturated carbocycles. The van der Waals surface area contributed by atoms with Crippen LogP contribution >= 0.6 is 11.6 Å². The SMILES string of the molecule is O=C(Nc1ccc([N+](=O)[O-])cc1Cl)[C@@H](NCCN1CCOCC1)c1ccccc1. The third-order valence-corrected chi connectivity index (χ3v) is 5.01. The largest absolute Gasteiger partial charge is 0.379 e. The van der Waals surface area contributed by atoms with E-state index in [0.717, 1.165) is 38.4 Å². The number of hydrogen-bond donors (Lipinski definition) is 2. The normalized spacial score (nSPS) is 15.6. The van der Waals surface area contributed by atoms with E-state index in [2.05, 4.69) is 15.5 Å². The van der Waals surface area contributed by atoms with Gasteiger partial charge in [0.05, 0.1) is 28.8 Å². The summed E-state index contributed by atoms with van der Waals surface area (Å²) >= 11 is 6.12. The number of anilines is 1. The predicted molar refractivity (Wildman–Crippen MR) is 111 cm³/mol. The Hall–Kier alpha value is -2.52. The summed E-state index contributed by atoms with van der Waals surface area (Å²) < 4.78 is 5.35. The third kappa shape index (κ3) is 5.98. The highest BCUT2D eigenvalue weighted by Crippen LogP contribution is 2.27. The fraction of sp³-hybridized carbons (Fsp3) is 0.350. The zero-order valence-corrected chi connectivity index (χ0v) is 16.6. The number of rotatable bonds is 8. The second kappa shape index (κ2) is 10.3. The molecular weight excluding hydrogens is 396 g/mol. The molecule has 29 heavy (non-hydrogen) atoms. The van der Waals surface area contributed by atoms with Crippen molar-refractivity contribution in [1.29, 1.82) is 0 Å². The van der Waals surface area contributed by atoms with Crippen LogP contribution in [0.1, 0.15) is 11.6 Å². The molecule has 9 heteroatoms. The summed E-state index contributed by atoms with van der Waals surface area (Å²) in [4.78, 5) is 25.6. The number of nitro benzene ring substituents is 1. The van der Waals surface area contributed by atoms with Gasteiger partial charge in [-0.3, -0.25) is 19.8 Å². The molecule has 1 atom stereocenters. The van der Waals surface area contributed by atoms with Crippen molar-refractivity contribution in [3.05, 3.63) is 69.2 Å². The Morgan fingerprint density at radius 3 is 2.59 bits per heavy atom. The van der Waals surface area contributed by atoms with E-state index in [1.807, 2.05) is 30.3 Å². The summed E-state index contributed by atoms with van der Waals surface area (Å²) in [6.45, 7) is 4.63. The number of carbonyl (C=O) groups excluding carboxylic acids is 1. The Morgan fingerprint density at radius 1 is 1.21 bits per heavy atom. The van der Waals surface area contributed by atoms with Gasteiger partial charge in [0.2, 0.25) is 5.91 Å². The van der Waals surface area contributed by atoms with E-state index < -0.39 is 11.0 Å². The van der Waals surface area contributed by atoms with Crippen molar-refractivity contribution in [2.75, 3.05) is 44.7 Å². The minimum atomic E-state index is -0.580. The van der Waals surface area contributed by atoms with E-state index in [4.69, 9.17) is 16.3 Å². The van der Waals surface area contributed by atoms with Gasteiger partial charge in [0.1, 0.15) is 6.04 Å². The zero-order chi connectivity index (χ0) is 20.6. The number of hydrogen-bond acceptors (Lipinski definition) is 6. The lowest BCUT2D eigenvalue weighted by Crippen LogP contribution is -2.42. The molecule has 1 heterocycles. The molecule has 0 aliphatic carbocycles. The van der Waals surface area contributed by atoms with Gasteiger partial charge in [-0.15, -0.1) is 0 Å². The molecule has 2 N–H and O–H groups in total. The van der Waals surface area contributed by atoms with Crippen LogP contribution in [0.2, 0.25) is 5.02 Å². The summed E-state index contributed by atoms with van der Waals surface area (Å²) in [5.41, 5.74) is 1.03. The van der Waals surface area contributed by atoms with Crippen LogP contribution in [-0.2, 0) is 9.53 Å². The molecule has 8 nitrogen and oxygen atoms in total. The van der Waals surface area contributed by atoms with Crippen molar-refractivity contribution in [2.24, 2.45) is 0 Å². The monoisotopic (exact) mass is 418 g/mol. The topological polar surface area (TPSA) is 96.7 Å². The first-order chi connectivity index (χ1) is 14.0. The lowest BCUT2D eigenvalue weighted by Gasteiger charge is -2.27. The average molecular weight is 419 g/mol. The lowest BCUT2D eigenvalue weighted by atomic mass is 10.1. The van der Waals surface area contributed by atoms with E-state index in [0.29, 0.717) is 12.2 Å². The Bertz CT molecular complexity index is 844. The van der Waals surface area contributed by atoms with E-state index in [1.165, 1.54) is 18.2 Å². The number of amides is 1. The molecule has 1 aliphatic rings. The molecule has 0 spiro atoms. The highest BCUT2D eigenvalue weighted by molar-refractivity contribution is 6.34. The van der Waals surface area contributed by atoms with E-state index in [1.54, 1.807) is 0 Å². The fourth-order valence-electron chi connectivity index (χ4n) is 3.12. The number of morpholine rings is 1.